The van der Waals surface area contributed by atoms with Crippen LogP contribution in [0.1, 0.15) is 10.6 Å². The topological polar surface area (TPSA) is 29.0 Å². The van der Waals surface area contributed by atoms with Crippen LogP contribution in [-0.4, -0.2) is 23.6 Å². The minimum absolute atomic E-state index is 0.975. The van der Waals surface area contributed by atoms with Gasteiger partial charge in [0.1, 0.15) is 0 Å². The molecule has 0 bridgehead atoms. The molecule has 0 radical (unpaired) electrons. The molecule has 2 aromatic heterocycles. The summed E-state index contributed by atoms with van der Waals surface area (Å²) in [5, 5.41) is 1.09. The van der Waals surface area contributed by atoms with Crippen molar-refractivity contribution >= 4 is 38.0 Å². The molecule has 0 aliphatic heterocycles. The van der Waals surface area contributed by atoms with E-state index < -0.39 is 0 Å². The fraction of sp³-hybridized carbons (Fsp3) is 0.286. The third kappa shape index (κ3) is 2.62. The van der Waals surface area contributed by atoms with Crippen LogP contribution < -0.4 is 4.90 Å². The molecule has 2 heterocycles. The van der Waals surface area contributed by atoms with Crippen molar-refractivity contribution in [2.75, 3.05) is 18.5 Å². The Morgan fingerprint density at radius 2 is 2.11 bits per heavy atom. The standard InChI is InChI=1S/C14H15N3S2/c1-10-12(18-9-15-10)7-8-17(2)14-16-11-5-3-4-6-13(11)19-14/h3-6,9H,7-8H2,1-2H3. The predicted octanol–water partition coefficient (Wildman–Crippen LogP) is 3.74. The minimum atomic E-state index is 0.975. The fourth-order valence-electron chi connectivity index (χ4n) is 1.95. The number of aryl methyl sites for hydroxylation is 1. The van der Waals surface area contributed by atoms with Gasteiger partial charge < -0.3 is 4.90 Å². The Bertz CT molecular complexity index is 654. The molecule has 0 unspecified atom stereocenters. The Morgan fingerprint density at radius 3 is 2.84 bits per heavy atom. The zero-order valence-electron chi connectivity index (χ0n) is 11.0. The maximum absolute atomic E-state index is 4.67. The first kappa shape index (κ1) is 12.6. The molecule has 19 heavy (non-hydrogen) atoms. The van der Waals surface area contributed by atoms with E-state index in [1.165, 1.54) is 9.58 Å². The number of hydrogen-bond donors (Lipinski definition) is 0. The lowest BCUT2D eigenvalue weighted by atomic mass is 10.3. The van der Waals surface area contributed by atoms with Gasteiger partial charge in [-0.05, 0) is 19.1 Å². The van der Waals surface area contributed by atoms with Crippen molar-refractivity contribution in [2.45, 2.75) is 13.3 Å². The highest BCUT2D eigenvalue weighted by atomic mass is 32.1. The van der Waals surface area contributed by atoms with Gasteiger partial charge in [-0.15, -0.1) is 11.3 Å². The Kier molecular flexibility index (Phi) is 3.48. The van der Waals surface area contributed by atoms with E-state index in [4.69, 9.17) is 0 Å². The smallest absolute Gasteiger partial charge is 0.186 e. The van der Waals surface area contributed by atoms with Crippen LogP contribution in [0.15, 0.2) is 29.8 Å². The highest BCUT2D eigenvalue weighted by Crippen LogP contribution is 2.28. The van der Waals surface area contributed by atoms with Gasteiger partial charge in [0.15, 0.2) is 5.13 Å². The highest BCUT2D eigenvalue weighted by Gasteiger charge is 2.09. The van der Waals surface area contributed by atoms with E-state index in [2.05, 4.69) is 47.0 Å². The lowest BCUT2D eigenvalue weighted by Crippen LogP contribution is -2.19. The van der Waals surface area contributed by atoms with Crippen LogP contribution in [-0.2, 0) is 6.42 Å². The van der Waals surface area contributed by atoms with Crippen molar-refractivity contribution in [3.63, 3.8) is 0 Å². The normalized spacial score (nSPS) is 11.1. The van der Waals surface area contributed by atoms with Gasteiger partial charge in [0.2, 0.25) is 0 Å². The summed E-state index contributed by atoms with van der Waals surface area (Å²) in [7, 11) is 2.11. The molecule has 1 aromatic carbocycles. The molecular weight excluding hydrogens is 274 g/mol. The highest BCUT2D eigenvalue weighted by molar-refractivity contribution is 7.22. The minimum Gasteiger partial charge on any atom is -0.351 e. The van der Waals surface area contributed by atoms with E-state index >= 15 is 0 Å². The molecule has 0 saturated heterocycles. The monoisotopic (exact) mass is 289 g/mol. The van der Waals surface area contributed by atoms with Crippen LogP contribution in [0, 0.1) is 6.92 Å². The van der Waals surface area contributed by atoms with Gasteiger partial charge in [0, 0.05) is 24.9 Å². The maximum Gasteiger partial charge on any atom is 0.186 e. The molecule has 0 N–H and O–H groups in total. The zero-order chi connectivity index (χ0) is 13.2. The number of likely N-dealkylation sites (N-methyl/N-ethyl adjacent to an activating group) is 1. The van der Waals surface area contributed by atoms with Crippen molar-refractivity contribution in [1.82, 2.24) is 9.97 Å². The summed E-state index contributed by atoms with van der Waals surface area (Å²) in [6.07, 6.45) is 1.03. The van der Waals surface area contributed by atoms with Crippen molar-refractivity contribution < 1.29 is 0 Å². The third-order valence-electron chi connectivity index (χ3n) is 3.13. The summed E-state index contributed by atoms with van der Waals surface area (Å²) in [6, 6.07) is 8.28. The van der Waals surface area contributed by atoms with E-state index in [0.29, 0.717) is 0 Å². The van der Waals surface area contributed by atoms with Gasteiger partial charge in [0.05, 0.1) is 21.4 Å². The average Bonchev–Trinajstić information content (AvgIpc) is 3.01. The van der Waals surface area contributed by atoms with Crippen LogP contribution in [0.25, 0.3) is 10.2 Å². The lowest BCUT2D eigenvalue weighted by molar-refractivity contribution is 0.876. The van der Waals surface area contributed by atoms with Gasteiger partial charge in [-0.3, -0.25) is 0 Å². The summed E-state index contributed by atoms with van der Waals surface area (Å²) in [4.78, 5) is 12.6. The number of anilines is 1. The van der Waals surface area contributed by atoms with Gasteiger partial charge >= 0.3 is 0 Å². The molecule has 5 heteroatoms. The molecule has 98 valence electrons. The molecule has 3 rings (SSSR count). The number of hydrogen-bond acceptors (Lipinski definition) is 5. The molecule has 3 nitrogen and oxygen atoms in total. The second-order valence-electron chi connectivity index (χ2n) is 4.50. The van der Waals surface area contributed by atoms with Crippen LogP contribution in [0.3, 0.4) is 0 Å². The Balaban J connectivity index is 1.73. The van der Waals surface area contributed by atoms with E-state index in [9.17, 15) is 0 Å². The van der Waals surface area contributed by atoms with E-state index in [1.807, 2.05) is 11.6 Å². The average molecular weight is 289 g/mol. The molecule has 0 aliphatic rings. The Labute approximate surface area is 120 Å². The number of fused-ring (bicyclic) bond motifs is 1. The van der Waals surface area contributed by atoms with Gasteiger partial charge in [0.25, 0.3) is 0 Å². The molecule has 3 aromatic rings. The molecule has 0 aliphatic carbocycles. The maximum atomic E-state index is 4.67. The van der Waals surface area contributed by atoms with E-state index in [1.54, 1.807) is 22.7 Å². The summed E-state index contributed by atoms with van der Waals surface area (Å²) < 4.78 is 1.25. The van der Waals surface area contributed by atoms with Crippen LogP contribution in [0.4, 0.5) is 5.13 Å². The van der Waals surface area contributed by atoms with E-state index in [-0.39, 0.29) is 0 Å². The predicted molar refractivity (Wildman–Crippen MR) is 83.4 cm³/mol. The first-order valence-corrected chi connectivity index (χ1v) is 7.89. The number of rotatable bonds is 4. The second-order valence-corrected chi connectivity index (χ2v) is 6.45. The van der Waals surface area contributed by atoms with Crippen LogP contribution >= 0.6 is 22.7 Å². The van der Waals surface area contributed by atoms with Gasteiger partial charge in [-0.1, -0.05) is 23.5 Å². The van der Waals surface area contributed by atoms with Crippen molar-refractivity contribution in [2.24, 2.45) is 0 Å². The van der Waals surface area contributed by atoms with Crippen molar-refractivity contribution in [1.29, 1.82) is 0 Å². The van der Waals surface area contributed by atoms with E-state index in [0.717, 1.165) is 29.3 Å². The quantitative estimate of drug-likeness (QED) is 0.732. The van der Waals surface area contributed by atoms with Crippen LogP contribution in [0.2, 0.25) is 0 Å². The molecule has 0 atom stereocenters. The summed E-state index contributed by atoms with van der Waals surface area (Å²) in [5.41, 5.74) is 4.16. The van der Waals surface area contributed by atoms with Gasteiger partial charge in [-0.25, -0.2) is 9.97 Å². The van der Waals surface area contributed by atoms with Crippen molar-refractivity contribution in [3.8, 4) is 0 Å². The number of aromatic nitrogens is 2. The molecule has 0 saturated carbocycles. The lowest BCUT2D eigenvalue weighted by Gasteiger charge is -2.14. The van der Waals surface area contributed by atoms with Crippen molar-refractivity contribution in [3.05, 3.63) is 40.3 Å². The zero-order valence-corrected chi connectivity index (χ0v) is 12.6. The third-order valence-corrected chi connectivity index (χ3v) is 5.27. The summed E-state index contributed by atoms with van der Waals surface area (Å²) >= 11 is 3.49. The molecule has 0 fully saturated rings. The first-order chi connectivity index (χ1) is 9.24. The number of benzene rings is 1. The summed E-state index contributed by atoms with van der Waals surface area (Å²) in [6.45, 7) is 3.05. The van der Waals surface area contributed by atoms with Crippen LogP contribution in [0.5, 0.6) is 0 Å². The first-order valence-electron chi connectivity index (χ1n) is 6.20. The number of para-hydroxylation sites is 1. The largest absolute Gasteiger partial charge is 0.351 e. The number of nitrogens with zero attached hydrogens (tertiary/aromatic N) is 3. The molecule has 0 amide bonds. The summed E-state index contributed by atoms with van der Waals surface area (Å²) in [5.74, 6) is 0. The van der Waals surface area contributed by atoms with Gasteiger partial charge in [-0.2, -0.15) is 0 Å². The fourth-order valence-corrected chi connectivity index (χ4v) is 3.68. The second kappa shape index (κ2) is 5.27. The Morgan fingerprint density at radius 1 is 1.26 bits per heavy atom. The molecular formula is C14H15N3S2. The SMILES string of the molecule is Cc1ncsc1CCN(C)c1nc2ccccc2s1. The molecule has 0 spiro atoms. The number of thiazole rings is 2. The Hall–Kier alpha value is -1.46.